The van der Waals surface area contributed by atoms with Gasteiger partial charge in [0.1, 0.15) is 0 Å². The first-order valence-corrected chi connectivity index (χ1v) is 7.44. The lowest BCUT2D eigenvalue weighted by atomic mass is 10.2. The van der Waals surface area contributed by atoms with Gasteiger partial charge in [-0.15, -0.1) is 11.3 Å². The highest BCUT2D eigenvalue weighted by Crippen LogP contribution is 2.25. The Hall–Kier alpha value is -1.66. The van der Waals surface area contributed by atoms with E-state index in [4.69, 9.17) is 9.63 Å². The van der Waals surface area contributed by atoms with E-state index in [0.717, 1.165) is 4.88 Å². The maximum Gasteiger partial charge on any atom is 0.276 e. The zero-order chi connectivity index (χ0) is 14.5. The Labute approximate surface area is 121 Å². The normalized spacial score (nSPS) is 11.0. The van der Waals surface area contributed by atoms with E-state index in [1.54, 1.807) is 11.0 Å². The second kappa shape index (κ2) is 6.67. The van der Waals surface area contributed by atoms with Crippen molar-refractivity contribution in [3.63, 3.8) is 0 Å². The van der Waals surface area contributed by atoms with Crippen molar-refractivity contribution in [2.75, 3.05) is 13.2 Å². The number of aliphatic hydroxyl groups is 1. The summed E-state index contributed by atoms with van der Waals surface area (Å²) in [6, 6.07) is 5.57. The van der Waals surface area contributed by atoms with Gasteiger partial charge in [0.15, 0.2) is 11.5 Å². The van der Waals surface area contributed by atoms with Crippen LogP contribution in [0.25, 0.3) is 10.6 Å². The standard InChI is InChI=1S/C14H18N2O3S/c1-10(2)16(6-4-7-17)14(18)11-9-12(19-15-11)13-5-3-8-20-13/h3,5,8-10,17H,4,6-7H2,1-2H3. The molecule has 2 rings (SSSR count). The summed E-state index contributed by atoms with van der Waals surface area (Å²) in [6.07, 6.45) is 0.555. The Balaban J connectivity index is 2.15. The molecule has 0 fully saturated rings. The number of nitrogens with zero attached hydrogens (tertiary/aromatic N) is 2. The Morgan fingerprint density at radius 2 is 2.35 bits per heavy atom. The van der Waals surface area contributed by atoms with E-state index in [0.29, 0.717) is 24.4 Å². The minimum Gasteiger partial charge on any atom is -0.396 e. The predicted octanol–water partition coefficient (Wildman–Crippen LogP) is 2.64. The topological polar surface area (TPSA) is 66.6 Å². The molecule has 0 aromatic carbocycles. The molecular weight excluding hydrogens is 276 g/mol. The van der Waals surface area contributed by atoms with Crippen LogP contribution in [-0.4, -0.2) is 40.3 Å². The van der Waals surface area contributed by atoms with E-state index in [2.05, 4.69) is 5.16 Å². The van der Waals surface area contributed by atoms with Crippen LogP contribution in [-0.2, 0) is 0 Å². The number of amides is 1. The number of aromatic nitrogens is 1. The van der Waals surface area contributed by atoms with Gasteiger partial charge in [0.25, 0.3) is 5.91 Å². The van der Waals surface area contributed by atoms with Crippen molar-refractivity contribution in [3.8, 4) is 10.6 Å². The fourth-order valence-corrected chi connectivity index (χ4v) is 2.57. The third kappa shape index (κ3) is 3.26. The number of carbonyl (C=O) groups excluding carboxylic acids is 1. The molecule has 2 heterocycles. The molecule has 0 spiro atoms. The molecule has 0 aliphatic rings. The predicted molar refractivity (Wildman–Crippen MR) is 77.7 cm³/mol. The summed E-state index contributed by atoms with van der Waals surface area (Å²) >= 11 is 1.54. The second-order valence-electron chi connectivity index (χ2n) is 4.72. The van der Waals surface area contributed by atoms with E-state index >= 15 is 0 Å². The first kappa shape index (κ1) is 14.7. The highest BCUT2D eigenvalue weighted by molar-refractivity contribution is 7.13. The molecule has 0 bridgehead atoms. The molecule has 108 valence electrons. The lowest BCUT2D eigenvalue weighted by Gasteiger charge is -2.25. The Morgan fingerprint density at radius 3 is 2.95 bits per heavy atom. The highest BCUT2D eigenvalue weighted by Gasteiger charge is 2.22. The van der Waals surface area contributed by atoms with Gasteiger partial charge in [-0.05, 0) is 31.7 Å². The lowest BCUT2D eigenvalue weighted by molar-refractivity contribution is 0.0682. The number of rotatable bonds is 6. The lowest BCUT2D eigenvalue weighted by Crippen LogP contribution is -2.38. The summed E-state index contributed by atoms with van der Waals surface area (Å²) in [5.74, 6) is 0.439. The molecule has 0 saturated heterocycles. The van der Waals surface area contributed by atoms with Crippen LogP contribution in [0.1, 0.15) is 30.8 Å². The van der Waals surface area contributed by atoms with Gasteiger partial charge in [-0.25, -0.2) is 0 Å². The molecule has 1 N–H and O–H groups in total. The second-order valence-corrected chi connectivity index (χ2v) is 5.67. The summed E-state index contributed by atoms with van der Waals surface area (Å²) in [5, 5.41) is 14.7. The first-order chi connectivity index (χ1) is 9.63. The summed E-state index contributed by atoms with van der Waals surface area (Å²) in [6.45, 7) is 4.45. The highest BCUT2D eigenvalue weighted by atomic mass is 32.1. The van der Waals surface area contributed by atoms with Gasteiger partial charge in [-0.1, -0.05) is 11.2 Å². The monoisotopic (exact) mass is 294 g/mol. The molecular formula is C14H18N2O3S. The van der Waals surface area contributed by atoms with Gasteiger partial charge >= 0.3 is 0 Å². The van der Waals surface area contributed by atoms with Crippen molar-refractivity contribution < 1.29 is 14.4 Å². The van der Waals surface area contributed by atoms with Crippen LogP contribution in [0.3, 0.4) is 0 Å². The number of hydrogen-bond acceptors (Lipinski definition) is 5. The van der Waals surface area contributed by atoms with Crippen LogP contribution in [0.5, 0.6) is 0 Å². The fourth-order valence-electron chi connectivity index (χ4n) is 1.89. The van der Waals surface area contributed by atoms with Crippen molar-refractivity contribution in [3.05, 3.63) is 29.3 Å². The van der Waals surface area contributed by atoms with Crippen molar-refractivity contribution in [1.82, 2.24) is 10.1 Å². The van der Waals surface area contributed by atoms with Gasteiger partial charge in [0.2, 0.25) is 0 Å². The van der Waals surface area contributed by atoms with Crippen LogP contribution in [0, 0.1) is 0 Å². The molecule has 6 heteroatoms. The molecule has 5 nitrogen and oxygen atoms in total. The van der Waals surface area contributed by atoms with Gasteiger partial charge < -0.3 is 14.5 Å². The quantitative estimate of drug-likeness (QED) is 0.889. The molecule has 2 aromatic rings. The Kier molecular flexibility index (Phi) is 4.92. The molecule has 0 unspecified atom stereocenters. The fraction of sp³-hybridized carbons (Fsp3) is 0.429. The molecule has 0 saturated carbocycles. The molecule has 2 aromatic heterocycles. The first-order valence-electron chi connectivity index (χ1n) is 6.56. The number of aliphatic hydroxyl groups excluding tert-OH is 1. The Morgan fingerprint density at radius 1 is 1.55 bits per heavy atom. The molecule has 20 heavy (non-hydrogen) atoms. The smallest absolute Gasteiger partial charge is 0.276 e. The average Bonchev–Trinajstić information content (AvgIpc) is 3.09. The Bertz CT molecular complexity index is 549. The van der Waals surface area contributed by atoms with Gasteiger partial charge in [-0.2, -0.15) is 0 Å². The van der Waals surface area contributed by atoms with Crippen molar-refractivity contribution >= 4 is 17.2 Å². The summed E-state index contributed by atoms with van der Waals surface area (Å²) in [4.78, 5) is 15.0. The van der Waals surface area contributed by atoms with Crippen LogP contribution >= 0.6 is 11.3 Å². The van der Waals surface area contributed by atoms with E-state index in [9.17, 15) is 4.79 Å². The summed E-state index contributed by atoms with van der Waals surface area (Å²) in [5.41, 5.74) is 0.306. The maximum atomic E-state index is 12.4. The summed E-state index contributed by atoms with van der Waals surface area (Å²) in [7, 11) is 0. The number of hydrogen-bond donors (Lipinski definition) is 1. The van der Waals surface area contributed by atoms with Gasteiger partial charge in [0, 0.05) is 25.3 Å². The number of carbonyl (C=O) groups is 1. The zero-order valence-corrected chi connectivity index (χ0v) is 12.4. The minimum absolute atomic E-state index is 0.0518. The SMILES string of the molecule is CC(C)N(CCCO)C(=O)c1cc(-c2cccs2)on1. The molecule has 0 aliphatic heterocycles. The number of thiophene rings is 1. The van der Waals surface area contributed by atoms with Gasteiger partial charge in [0.05, 0.1) is 4.88 Å². The van der Waals surface area contributed by atoms with Crippen molar-refractivity contribution in [2.45, 2.75) is 26.3 Å². The van der Waals surface area contributed by atoms with Crippen LogP contribution < -0.4 is 0 Å². The van der Waals surface area contributed by atoms with Crippen LogP contribution in [0.15, 0.2) is 28.1 Å². The zero-order valence-electron chi connectivity index (χ0n) is 11.6. The van der Waals surface area contributed by atoms with Crippen LogP contribution in [0.2, 0.25) is 0 Å². The van der Waals surface area contributed by atoms with Crippen molar-refractivity contribution in [1.29, 1.82) is 0 Å². The van der Waals surface area contributed by atoms with E-state index < -0.39 is 0 Å². The molecule has 0 aliphatic carbocycles. The molecule has 0 atom stereocenters. The van der Waals surface area contributed by atoms with E-state index in [-0.39, 0.29) is 18.6 Å². The van der Waals surface area contributed by atoms with Crippen molar-refractivity contribution in [2.24, 2.45) is 0 Å². The maximum absolute atomic E-state index is 12.4. The summed E-state index contributed by atoms with van der Waals surface area (Å²) < 4.78 is 5.23. The van der Waals surface area contributed by atoms with Gasteiger partial charge in [-0.3, -0.25) is 4.79 Å². The largest absolute Gasteiger partial charge is 0.396 e. The van der Waals surface area contributed by atoms with E-state index in [1.807, 2.05) is 31.4 Å². The average molecular weight is 294 g/mol. The molecule has 0 radical (unpaired) electrons. The van der Waals surface area contributed by atoms with Crippen LogP contribution in [0.4, 0.5) is 0 Å². The molecule has 1 amide bonds. The van der Waals surface area contributed by atoms with E-state index in [1.165, 1.54) is 11.3 Å². The minimum atomic E-state index is -0.167. The third-order valence-corrected chi connectivity index (χ3v) is 3.82. The third-order valence-electron chi connectivity index (χ3n) is 2.93.